The second-order valence-corrected chi connectivity index (χ2v) is 4.65. The largest absolute Gasteiger partial charge is 0.508 e. The van der Waals surface area contributed by atoms with Crippen LogP contribution >= 0.6 is 0 Å². The number of phenolic OH excluding ortho intramolecular Hbond substituents is 2. The van der Waals surface area contributed by atoms with Gasteiger partial charge in [-0.1, -0.05) is 19.8 Å². The van der Waals surface area contributed by atoms with Crippen LogP contribution in [0.1, 0.15) is 44.7 Å². The van der Waals surface area contributed by atoms with Gasteiger partial charge in [-0.05, 0) is 44.6 Å². The quantitative estimate of drug-likeness (QED) is 0.746. The summed E-state index contributed by atoms with van der Waals surface area (Å²) in [6, 6.07) is 4.97. The summed E-state index contributed by atoms with van der Waals surface area (Å²) in [4.78, 5) is 2.24. The van der Waals surface area contributed by atoms with E-state index in [0.29, 0.717) is 0 Å². The molecule has 0 saturated heterocycles. The summed E-state index contributed by atoms with van der Waals surface area (Å²) in [7, 11) is 2.07. The third kappa shape index (κ3) is 4.27. The van der Waals surface area contributed by atoms with Crippen LogP contribution < -0.4 is 0 Å². The molecule has 96 valence electrons. The molecule has 1 atom stereocenters. The molecule has 0 aromatic heterocycles. The number of hydrogen-bond acceptors (Lipinski definition) is 3. The smallest absolute Gasteiger partial charge is 0.119 e. The molecule has 17 heavy (non-hydrogen) atoms. The predicted molar refractivity (Wildman–Crippen MR) is 70.3 cm³/mol. The minimum absolute atomic E-state index is 0.119. The van der Waals surface area contributed by atoms with Gasteiger partial charge in [-0.2, -0.15) is 0 Å². The Labute approximate surface area is 104 Å². The zero-order valence-electron chi connectivity index (χ0n) is 11.0. The maximum absolute atomic E-state index is 9.46. The molecule has 0 bridgehead atoms. The van der Waals surface area contributed by atoms with E-state index in [2.05, 4.69) is 25.8 Å². The van der Waals surface area contributed by atoms with Crippen molar-refractivity contribution in [3.8, 4) is 11.5 Å². The van der Waals surface area contributed by atoms with E-state index in [0.717, 1.165) is 12.1 Å². The monoisotopic (exact) mass is 237 g/mol. The second-order valence-electron chi connectivity index (χ2n) is 4.65. The van der Waals surface area contributed by atoms with Crippen molar-refractivity contribution < 1.29 is 10.2 Å². The van der Waals surface area contributed by atoms with Gasteiger partial charge in [0.15, 0.2) is 0 Å². The van der Waals surface area contributed by atoms with E-state index >= 15 is 0 Å². The lowest BCUT2D eigenvalue weighted by Crippen LogP contribution is -2.23. The van der Waals surface area contributed by atoms with Crippen LogP contribution in [-0.2, 0) is 0 Å². The highest BCUT2D eigenvalue weighted by atomic mass is 16.3. The van der Waals surface area contributed by atoms with Crippen molar-refractivity contribution in [2.45, 2.75) is 39.2 Å². The third-order valence-electron chi connectivity index (χ3n) is 3.18. The van der Waals surface area contributed by atoms with E-state index in [1.807, 2.05) is 0 Å². The van der Waals surface area contributed by atoms with Gasteiger partial charge in [0.2, 0.25) is 0 Å². The number of hydrogen-bond donors (Lipinski definition) is 2. The molecule has 3 heteroatoms. The predicted octanol–water partition coefficient (Wildman–Crippen LogP) is 3.28. The fourth-order valence-corrected chi connectivity index (χ4v) is 1.92. The van der Waals surface area contributed by atoms with E-state index in [1.54, 1.807) is 12.1 Å². The van der Waals surface area contributed by atoms with Gasteiger partial charge in [0.1, 0.15) is 11.5 Å². The number of rotatable bonds is 6. The maximum atomic E-state index is 9.46. The zero-order valence-corrected chi connectivity index (χ0v) is 11.0. The molecule has 0 spiro atoms. The van der Waals surface area contributed by atoms with Gasteiger partial charge in [-0.15, -0.1) is 0 Å². The number of aromatic hydroxyl groups is 2. The average molecular weight is 237 g/mol. The van der Waals surface area contributed by atoms with Gasteiger partial charge in [-0.25, -0.2) is 0 Å². The molecule has 0 aliphatic carbocycles. The number of unbranched alkanes of at least 4 members (excludes halogenated alkanes) is 2. The van der Waals surface area contributed by atoms with Crippen molar-refractivity contribution in [2.24, 2.45) is 0 Å². The normalized spacial score (nSPS) is 12.9. The summed E-state index contributed by atoms with van der Waals surface area (Å²) in [5.74, 6) is 0.239. The summed E-state index contributed by atoms with van der Waals surface area (Å²) < 4.78 is 0. The van der Waals surface area contributed by atoms with Crippen molar-refractivity contribution in [3.63, 3.8) is 0 Å². The summed E-state index contributed by atoms with van der Waals surface area (Å²) in [5, 5.41) is 18.9. The van der Waals surface area contributed by atoms with Crippen LogP contribution in [0.15, 0.2) is 18.2 Å². The topological polar surface area (TPSA) is 43.7 Å². The number of nitrogens with zero attached hydrogens (tertiary/aromatic N) is 1. The first-order valence-corrected chi connectivity index (χ1v) is 6.27. The van der Waals surface area contributed by atoms with Crippen LogP contribution in [0.4, 0.5) is 0 Å². The van der Waals surface area contributed by atoms with Crippen LogP contribution in [-0.4, -0.2) is 28.7 Å². The minimum atomic E-state index is 0.119. The first-order valence-electron chi connectivity index (χ1n) is 6.27. The minimum Gasteiger partial charge on any atom is -0.508 e. The van der Waals surface area contributed by atoms with Crippen LogP contribution in [0.2, 0.25) is 0 Å². The van der Waals surface area contributed by atoms with E-state index in [9.17, 15) is 10.2 Å². The lowest BCUT2D eigenvalue weighted by Gasteiger charge is -2.25. The average Bonchev–Trinajstić information content (AvgIpc) is 2.27. The lowest BCUT2D eigenvalue weighted by atomic mass is 10.1. The van der Waals surface area contributed by atoms with Gasteiger partial charge in [-0.3, -0.25) is 4.90 Å². The summed E-state index contributed by atoms with van der Waals surface area (Å²) >= 11 is 0. The Morgan fingerprint density at radius 1 is 1.12 bits per heavy atom. The Kier molecular flexibility index (Phi) is 5.29. The Bertz CT molecular complexity index is 332. The molecule has 0 radical (unpaired) electrons. The Morgan fingerprint density at radius 2 is 1.71 bits per heavy atom. The molecular formula is C14H23NO2. The number of benzene rings is 1. The fraction of sp³-hybridized carbons (Fsp3) is 0.571. The van der Waals surface area contributed by atoms with E-state index in [-0.39, 0.29) is 17.5 Å². The van der Waals surface area contributed by atoms with Gasteiger partial charge < -0.3 is 10.2 Å². The Hall–Kier alpha value is -1.22. The van der Waals surface area contributed by atoms with Crippen molar-refractivity contribution >= 4 is 0 Å². The molecule has 1 aromatic rings. The van der Waals surface area contributed by atoms with Crippen molar-refractivity contribution in [3.05, 3.63) is 23.8 Å². The highest BCUT2D eigenvalue weighted by Gasteiger charge is 2.12. The molecule has 1 unspecified atom stereocenters. The third-order valence-corrected chi connectivity index (χ3v) is 3.18. The zero-order chi connectivity index (χ0) is 12.8. The van der Waals surface area contributed by atoms with Crippen molar-refractivity contribution in [1.82, 2.24) is 4.90 Å². The summed E-state index contributed by atoms with van der Waals surface area (Å²) in [5.41, 5.74) is 0.946. The molecule has 0 fully saturated rings. The SMILES string of the molecule is CCCCCN(C)C(C)c1cc(O)cc(O)c1. The highest BCUT2D eigenvalue weighted by molar-refractivity contribution is 5.37. The molecule has 1 rings (SSSR count). The Morgan fingerprint density at radius 3 is 2.24 bits per heavy atom. The molecule has 2 N–H and O–H groups in total. The van der Waals surface area contributed by atoms with Crippen molar-refractivity contribution in [1.29, 1.82) is 0 Å². The van der Waals surface area contributed by atoms with E-state index < -0.39 is 0 Å². The van der Waals surface area contributed by atoms with Crippen LogP contribution in [0.3, 0.4) is 0 Å². The first-order chi connectivity index (χ1) is 8.04. The van der Waals surface area contributed by atoms with Crippen LogP contribution in [0, 0.1) is 0 Å². The van der Waals surface area contributed by atoms with Gasteiger partial charge in [0, 0.05) is 12.1 Å². The summed E-state index contributed by atoms with van der Waals surface area (Å²) in [6.07, 6.45) is 3.64. The molecule has 0 heterocycles. The molecule has 1 aromatic carbocycles. The molecule has 0 aliphatic heterocycles. The van der Waals surface area contributed by atoms with Gasteiger partial charge >= 0.3 is 0 Å². The summed E-state index contributed by atoms with van der Waals surface area (Å²) in [6.45, 7) is 5.31. The van der Waals surface area contributed by atoms with Crippen LogP contribution in [0.5, 0.6) is 11.5 Å². The van der Waals surface area contributed by atoms with Crippen LogP contribution in [0.25, 0.3) is 0 Å². The fourth-order valence-electron chi connectivity index (χ4n) is 1.92. The highest BCUT2D eigenvalue weighted by Crippen LogP contribution is 2.27. The molecular weight excluding hydrogens is 214 g/mol. The van der Waals surface area contributed by atoms with Crippen molar-refractivity contribution in [2.75, 3.05) is 13.6 Å². The Balaban J connectivity index is 2.64. The molecule has 0 saturated carbocycles. The first kappa shape index (κ1) is 13.8. The van der Waals surface area contributed by atoms with E-state index in [1.165, 1.54) is 25.3 Å². The number of phenols is 2. The lowest BCUT2D eigenvalue weighted by molar-refractivity contribution is 0.255. The second kappa shape index (κ2) is 6.50. The van der Waals surface area contributed by atoms with Gasteiger partial charge in [0.25, 0.3) is 0 Å². The maximum Gasteiger partial charge on any atom is 0.119 e. The standard InChI is InChI=1S/C14H23NO2/c1-4-5-6-7-15(3)11(2)12-8-13(16)10-14(17)9-12/h8-11,16-17H,4-7H2,1-3H3. The van der Waals surface area contributed by atoms with Gasteiger partial charge in [0.05, 0.1) is 0 Å². The molecule has 3 nitrogen and oxygen atoms in total. The molecule has 0 aliphatic rings. The van der Waals surface area contributed by atoms with E-state index in [4.69, 9.17) is 0 Å². The molecule has 0 amide bonds.